The van der Waals surface area contributed by atoms with E-state index in [1.54, 1.807) is 0 Å². The largest absolute Gasteiger partial charge is 0.850 e. The normalized spacial score (nSPS) is 10.5. The molecule has 0 aromatic carbocycles. The molecule has 0 aromatic rings. The van der Waals surface area contributed by atoms with Crippen LogP contribution in [0.25, 0.3) is 0 Å². The summed E-state index contributed by atoms with van der Waals surface area (Å²) in [5.74, 6) is 0. The maximum atomic E-state index is 9.29. The van der Waals surface area contributed by atoms with Crippen molar-refractivity contribution in [3.63, 3.8) is 0 Å². The molecule has 0 unspecified atom stereocenters. The zero-order chi connectivity index (χ0) is 22.5. The summed E-state index contributed by atoms with van der Waals surface area (Å²) in [7, 11) is 0. The average molecular weight is 788 g/mol. The average Bonchev–Trinajstić information content (AvgIpc) is 1.79. The SMILES string of the molecule is [O-]P([O-])(=S)[S-].[O-]P([O-])(=S)[S-].[O-]P([O-])(=S)[S-].[O-]P([O-])(=S)[S-].[O-]P([O-])(=S)[S-].[V].[V].[V]. The van der Waals surface area contributed by atoms with Crippen LogP contribution < -0.4 is 48.9 Å². The Labute approximate surface area is 249 Å². The summed E-state index contributed by atoms with van der Waals surface area (Å²) in [4.78, 5) is 92.9. The van der Waals surface area contributed by atoms with Crippen LogP contribution in [0.15, 0.2) is 0 Å². The molecule has 28 heteroatoms. The van der Waals surface area contributed by atoms with Crippen LogP contribution in [0.3, 0.4) is 0 Å². The predicted molar refractivity (Wildman–Crippen MR) is 108 cm³/mol. The van der Waals surface area contributed by atoms with Crippen molar-refractivity contribution in [1.82, 2.24) is 0 Å². The third kappa shape index (κ3) is 788. The van der Waals surface area contributed by atoms with Gasteiger partial charge in [0.1, 0.15) is 0 Å². The van der Waals surface area contributed by atoms with E-state index < -0.39 is 28.5 Å². The van der Waals surface area contributed by atoms with Crippen LogP contribution in [0.5, 0.6) is 0 Å². The predicted octanol–water partition coefficient (Wildman–Crippen LogP) is -7.62. The van der Waals surface area contributed by atoms with Crippen molar-refractivity contribution in [2.24, 2.45) is 0 Å². The van der Waals surface area contributed by atoms with Crippen LogP contribution in [0.1, 0.15) is 0 Å². The van der Waals surface area contributed by atoms with Gasteiger partial charge in [0.05, 0.1) is 0 Å². The van der Waals surface area contributed by atoms with E-state index in [-0.39, 0.29) is 55.7 Å². The van der Waals surface area contributed by atoms with Gasteiger partial charge in [-0.3, -0.25) is 0 Å². The monoisotopic (exact) mass is 787 g/mol. The van der Waals surface area contributed by atoms with Crippen molar-refractivity contribution in [3.05, 3.63) is 0 Å². The van der Waals surface area contributed by atoms with Crippen molar-refractivity contribution >= 4 is 149 Å². The second-order valence-corrected chi connectivity index (χ2v) is 24.6. The molecular formula is O10P5S10V3-15. The molecule has 175 valence electrons. The molecule has 0 aliphatic rings. The Kier molecular flexibility index (Phi) is 51.9. The summed E-state index contributed by atoms with van der Waals surface area (Å²) < 4.78 is 0. The Hall–Kier alpha value is 6.35. The van der Waals surface area contributed by atoms with Gasteiger partial charge in [0.15, 0.2) is 0 Å². The summed E-state index contributed by atoms with van der Waals surface area (Å²) in [6.45, 7) is 0. The fraction of sp³-hybridized carbons (Fsp3) is 0. The molecular weight excluding hydrogens is 788 g/mol. The van der Waals surface area contributed by atoms with Gasteiger partial charge in [-0.1, -0.05) is 0 Å². The van der Waals surface area contributed by atoms with E-state index in [0.29, 0.717) is 0 Å². The smallest absolute Gasteiger partial charge is 0 e. The molecule has 0 spiro atoms. The van der Waals surface area contributed by atoms with Crippen LogP contribution in [-0.2, 0) is 176 Å². The molecule has 0 heterocycles. The minimum atomic E-state index is -3.72. The van der Waals surface area contributed by atoms with E-state index in [2.05, 4.69) is 120 Å². The van der Waals surface area contributed by atoms with E-state index in [9.17, 15) is 48.9 Å². The van der Waals surface area contributed by atoms with Crippen molar-refractivity contribution in [2.75, 3.05) is 0 Å². The number of rotatable bonds is 0. The summed E-state index contributed by atoms with van der Waals surface area (Å²) in [6, 6.07) is 0. The standard InChI is InChI=1S/5H3O2PS2.3V/c5*1-3(2,4)5;;;/h5*(H3,1,2,4,5);;;/p-15. The fourth-order valence-corrected chi connectivity index (χ4v) is 0. The topological polar surface area (TPSA) is 231 Å². The molecule has 0 aliphatic heterocycles. The fourth-order valence-electron chi connectivity index (χ4n) is 0. The molecule has 0 N–H and O–H groups in total. The van der Waals surface area contributed by atoms with Gasteiger partial charge < -0.3 is 139 Å². The minimum absolute atomic E-state index is 0. The second-order valence-electron chi connectivity index (χ2n) is 2.24. The second kappa shape index (κ2) is 26.4. The number of hydrogen-bond donors (Lipinski definition) is 0. The molecule has 3 radical (unpaired) electrons. The molecule has 0 fully saturated rings. The van der Waals surface area contributed by atoms with E-state index in [4.69, 9.17) is 0 Å². The zero-order valence-electron chi connectivity index (χ0n) is 11.7. The van der Waals surface area contributed by atoms with E-state index in [0.717, 1.165) is 0 Å². The molecule has 10 nitrogen and oxygen atoms in total. The molecule has 0 bridgehead atoms. The van der Waals surface area contributed by atoms with Crippen LogP contribution in [0.4, 0.5) is 0 Å². The van der Waals surface area contributed by atoms with Crippen molar-refractivity contribution in [3.8, 4) is 0 Å². The maximum absolute atomic E-state index is 9.29. The van der Waals surface area contributed by atoms with E-state index >= 15 is 0 Å². The zero-order valence-corrected chi connectivity index (χ0v) is 28.6. The van der Waals surface area contributed by atoms with Gasteiger partial charge in [-0.15, -0.1) is 0 Å². The number of hydrogen-bond acceptors (Lipinski definition) is 20. The Morgan fingerprint density at radius 2 is 0.321 bits per heavy atom. The Morgan fingerprint density at radius 1 is 0.321 bits per heavy atom. The minimum Gasteiger partial charge on any atom is -0.850 e. The van der Waals surface area contributed by atoms with Crippen LogP contribution in [-0.4, -0.2) is 0 Å². The van der Waals surface area contributed by atoms with Gasteiger partial charge in [0.25, 0.3) is 0 Å². The third-order valence-corrected chi connectivity index (χ3v) is 0. The van der Waals surface area contributed by atoms with Gasteiger partial charge >= 0.3 is 0 Å². The molecule has 0 rings (SSSR count). The van der Waals surface area contributed by atoms with E-state index in [1.807, 2.05) is 0 Å². The van der Waals surface area contributed by atoms with Gasteiger partial charge in [-0.2, -0.15) is 59.0 Å². The molecule has 0 aromatic heterocycles. The van der Waals surface area contributed by atoms with Gasteiger partial charge in [0, 0.05) is 55.7 Å². The molecule has 0 saturated heterocycles. The van der Waals surface area contributed by atoms with Crippen molar-refractivity contribution in [1.29, 1.82) is 0 Å². The van der Waals surface area contributed by atoms with Gasteiger partial charge in [0.2, 0.25) is 0 Å². The van der Waals surface area contributed by atoms with E-state index in [1.165, 1.54) is 0 Å². The van der Waals surface area contributed by atoms with Crippen molar-refractivity contribution < 1.29 is 105 Å². The molecule has 0 atom stereocenters. The summed E-state index contributed by atoms with van der Waals surface area (Å²) in [5, 5.41) is 0. The Morgan fingerprint density at radius 3 is 0.321 bits per heavy atom. The van der Waals surface area contributed by atoms with Crippen LogP contribution >= 0.6 is 28.5 Å². The van der Waals surface area contributed by atoms with Crippen LogP contribution in [0.2, 0.25) is 0 Å². The maximum Gasteiger partial charge on any atom is 0 e. The summed E-state index contributed by atoms with van der Waals surface area (Å²) >= 11 is 36.4. The molecule has 0 saturated carbocycles. The summed E-state index contributed by atoms with van der Waals surface area (Å²) in [6.07, 6.45) is 0. The Balaban J connectivity index is -0.0000000290. The van der Waals surface area contributed by atoms with Gasteiger partial charge in [-0.25, -0.2) is 0 Å². The first kappa shape index (κ1) is 55.0. The third-order valence-electron chi connectivity index (χ3n) is 0. The molecule has 0 aliphatic carbocycles. The Bertz CT molecular complexity index is 399. The first-order valence-electron chi connectivity index (χ1n) is 3.65. The van der Waals surface area contributed by atoms with Gasteiger partial charge in [-0.05, 0) is 0 Å². The van der Waals surface area contributed by atoms with Crippen LogP contribution in [0, 0.1) is 0 Å². The quantitative estimate of drug-likeness (QED) is 0.164. The first-order chi connectivity index (χ1) is 10.0. The first-order valence-corrected chi connectivity index (χ1v) is 21.9. The molecule has 28 heavy (non-hydrogen) atoms. The summed E-state index contributed by atoms with van der Waals surface area (Å²) in [5.41, 5.74) is -18.6. The molecule has 0 amide bonds. The van der Waals surface area contributed by atoms with Crippen molar-refractivity contribution in [2.45, 2.75) is 0 Å².